The van der Waals surface area contributed by atoms with Crippen LogP contribution in [0.3, 0.4) is 0 Å². The van der Waals surface area contributed by atoms with Gasteiger partial charge in [-0.05, 0) is 18.1 Å². The molecule has 1 N–H and O–H groups in total. The second-order valence-corrected chi connectivity index (χ2v) is 6.61. The number of rotatable bonds is 7. The van der Waals surface area contributed by atoms with Crippen molar-refractivity contribution in [3.05, 3.63) is 29.8 Å². The molecule has 0 aromatic heterocycles. The molecule has 0 unspecified atom stereocenters. The Labute approximate surface area is 149 Å². The fraction of sp³-hybridized carbons (Fsp3) is 0.632. The summed E-state index contributed by atoms with van der Waals surface area (Å²) in [6.45, 7) is 4.67. The molecule has 0 radical (unpaired) electrons. The standard InChI is InChI=1S/C19H28N2O4/c1-23-17-5-3-2-4-16(17)6-10-20-18(22)7-11-21-12-8-19(9-13-21)24-14-15-25-19/h2-5H,6-15H2,1H3,(H,20,22). The number of carbonyl (C=O) groups excluding carboxylic acids is 1. The second kappa shape index (κ2) is 8.65. The van der Waals surface area contributed by atoms with Crippen molar-refractivity contribution in [3.8, 4) is 5.75 Å². The maximum absolute atomic E-state index is 12.1. The zero-order valence-corrected chi connectivity index (χ0v) is 15.0. The highest BCUT2D eigenvalue weighted by Crippen LogP contribution is 2.31. The van der Waals surface area contributed by atoms with Crippen LogP contribution in [0.2, 0.25) is 0 Å². The van der Waals surface area contributed by atoms with Crippen LogP contribution in [0.25, 0.3) is 0 Å². The van der Waals surface area contributed by atoms with Crippen molar-refractivity contribution in [3.63, 3.8) is 0 Å². The maximum atomic E-state index is 12.1. The number of hydrogen-bond donors (Lipinski definition) is 1. The molecule has 0 aliphatic carbocycles. The zero-order valence-electron chi connectivity index (χ0n) is 15.0. The highest BCUT2D eigenvalue weighted by Gasteiger charge is 2.39. The van der Waals surface area contributed by atoms with Gasteiger partial charge in [-0.2, -0.15) is 0 Å². The molecular weight excluding hydrogens is 320 g/mol. The van der Waals surface area contributed by atoms with Gasteiger partial charge in [-0.15, -0.1) is 0 Å². The quantitative estimate of drug-likeness (QED) is 0.811. The molecule has 1 amide bonds. The predicted molar refractivity (Wildman–Crippen MR) is 94.6 cm³/mol. The third-order valence-electron chi connectivity index (χ3n) is 5.00. The SMILES string of the molecule is COc1ccccc1CCNC(=O)CCN1CCC2(CC1)OCCO2. The summed E-state index contributed by atoms with van der Waals surface area (Å²) in [5, 5.41) is 3.00. The Bertz CT molecular complexity index is 562. The molecule has 6 nitrogen and oxygen atoms in total. The monoisotopic (exact) mass is 348 g/mol. The number of para-hydroxylation sites is 1. The molecule has 6 heteroatoms. The molecule has 0 bridgehead atoms. The molecular formula is C19H28N2O4. The van der Waals surface area contributed by atoms with Gasteiger partial charge in [0.2, 0.25) is 5.91 Å². The lowest BCUT2D eigenvalue weighted by atomic mass is 10.0. The summed E-state index contributed by atoms with van der Waals surface area (Å²) in [5.41, 5.74) is 1.11. The molecule has 2 heterocycles. The summed E-state index contributed by atoms with van der Waals surface area (Å²) < 4.78 is 16.8. The lowest BCUT2D eigenvalue weighted by Gasteiger charge is -2.37. The van der Waals surface area contributed by atoms with E-state index in [4.69, 9.17) is 14.2 Å². The van der Waals surface area contributed by atoms with Gasteiger partial charge < -0.3 is 24.4 Å². The van der Waals surface area contributed by atoms with Crippen molar-refractivity contribution < 1.29 is 19.0 Å². The molecule has 1 aromatic carbocycles. The first-order chi connectivity index (χ1) is 12.2. The molecule has 2 aliphatic heterocycles. The van der Waals surface area contributed by atoms with E-state index in [1.54, 1.807) is 7.11 Å². The molecule has 25 heavy (non-hydrogen) atoms. The Hall–Kier alpha value is -1.63. The topological polar surface area (TPSA) is 60.0 Å². The first kappa shape index (κ1) is 18.2. The molecule has 2 fully saturated rings. The number of amides is 1. The van der Waals surface area contributed by atoms with Crippen molar-refractivity contribution >= 4 is 5.91 Å². The van der Waals surface area contributed by atoms with E-state index in [0.29, 0.717) is 26.2 Å². The van der Waals surface area contributed by atoms with Gasteiger partial charge in [0, 0.05) is 45.4 Å². The van der Waals surface area contributed by atoms with Crippen molar-refractivity contribution in [2.45, 2.75) is 31.5 Å². The lowest BCUT2D eigenvalue weighted by molar-refractivity contribution is -0.185. The zero-order chi connectivity index (χ0) is 17.5. The fourth-order valence-corrected chi connectivity index (χ4v) is 3.50. The number of likely N-dealkylation sites (tertiary alicyclic amines) is 1. The van der Waals surface area contributed by atoms with Gasteiger partial charge in [-0.1, -0.05) is 18.2 Å². The van der Waals surface area contributed by atoms with E-state index in [1.807, 2.05) is 24.3 Å². The number of carbonyl (C=O) groups is 1. The third kappa shape index (κ3) is 4.93. The lowest BCUT2D eigenvalue weighted by Crippen LogP contribution is -2.46. The normalized spacial score (nSPS) is 19.9. The average Bonchev–Trinajstić information content (AvgIpc) is 3.10. The molecule has 2 aliphatic rings. The summed E-state index contributed by atoms with van der Waals surface area (Å²) in [5.74, 6) is 0.631. The summed E-state index contributed by atoms with van der Waals surface area (Å²) in [6, 6.07) is 7.91. The van der Waals surface area contributed by atoms with Gasteiger partial charge in [-0.3, -0.25) is 4.79 Å². The van der Waals surface area contributed by atoms with E-state index < -0.39 is 0 Å². The van der Waals surface area contributed by atoms with Crippen LogP contribution in [0.4, 0.5) is 0 Å². The van der Waals surface area contributed by atoms with Crippen LogP contribution in [-0.4, -0.2) is 63.1 Å². The Kier molecular flexibility index (Phi) is 6.29. The van der Waals surface area contributed by atoms with Crippen molar-refractivity contribution in [2.24, 2.45) is 0 Å². The fourth-order valence-electron chi connectivity index (χ4n) is 3.50. The van der Waals surface area contributed by atoms with Crippen LogP contribution in [0, 0.1) is 0 Å². The van der Waals surface area contributed by atoms with Crippen LogP contribution in [0.1, 0.15) is 24.8 Å². The first-order valence-electron chi connectivity index (χ1n) is 9.10. The van der Waals surface area contributed by atoms with Crippen molar-refractivity contribution in [1.82, 2.24) is 10.2 Å². The predicted octanol–water partition coefficient (Wildman–Crippen LogP) is 1.58. The van der Waals surface area contributed by atoms with Gasteiger partial charge in [0.15, 0.2) is 5.79 Å². The molecule has 1 aromatic rings. The minimum absolute atomic E-state index is 0.101. The Morgan fingerprint density at radius 1 is 1.24 bits per heavy atom. The number of nitrogens with zero attached hydrogens (tertiary/aromatic N) is 1. The molecule has 138 valence electrons. The number of ether oxygens (including phenoxy) is 3. The number of benzene rings is 1. The van der Waals surface area contributed by atoms with E-state index in [-0.39, 0.29) is 11.7 Å². The molecule has 0 saturated carbocycles. The minimum Gasteiger partial charge on any atom is -0.496 e. The van der Waals surface area contributed by atoms with E-state index in [1.165, 1.54) is 0 Å². The average molecular weight is 348 g/mol. The maximum Gasteiger partial charge on any atom is 0.221 e. The van der Waals surface area contributed by atoms with Crippen LogP contribution >= 0.6 is 0 Å². The largest absolute Gasteiger partial charge is 0.496 e. The first-order valence-corrected chi connectivity index (χ1v) is 9.10. The molecule has 3 rings (SSSR count). The summed E-state index contributed by atoms with van der Waals surface area (Å²) >= 11 is 0. The van der Waals surface area contributed by atoms with Crippen molar-refractivity contribution in [1.29, 1.82) is 0 Å². The van der Waals surface area contributed by atoms with Gasteiger partial charge in [0.1, 0.15) is 5.75 Å². The Morgan fingerprint density at radius 3 is 2.68 bits per heavy atom. The summed E-state index contributed by atoms with van der Waals surface area (Å²) in [7, 11) is 1.67. The third-order valence-corrected chi connectivity index (χ3v) is 5.00. The molecule has 2 saturated heterocycles. The van der Waals surface area contributed by atoms with E-state index in [0.717, 1.165) is 50.2 Å². The van der Waals surface area contributed by atoms with Crippen LogP contribution in [-0.2, 0) is 20.7 Å². The van der Waals surface area contributed by atoms with E-state index in [2.05, 4.69) is 10.2 Å². The van der Waals surface area contributed by atoms with Crippen LogP contribution < -0.4 is 10.1 Å². The van der Waals surface area contributed by atoms with E-state index in [9.17, 15) is 4.79 Å². The number of piperidine rings is 1. The van der Waals surface area contributed by atoms with E-state index >= 15 is 0 Å². The smallest absolute Gasteiger partial charge is 0.221 e. The minimum atomic E-state index is -0.340. The van der Waals surface area contributed by atoms with Crippen LogP contribution in [0.15, 0.2) is 24.3 Å². The Morgan fingerprint density at radius 2 is 1.96 bits per heavy atom. The molecule has 1 spiro atoms. The summed E-state index contributed by atoms with van der Waals surface area (Å²) in [4.78, 5) is 14.4. The van der Waals surface area contributed by atoms with Gasteiger partial charge >= 0.3 is 0 Å². The van der Waals surface area contributed by atoms with Gasteiger partial charge in [0.25, 0.3) is 0 Å². The molecule has 0 atom stereocenters. The van der Waals surface area contributed by atoms with Crippen molar-refractivity contribution in [2.75, 3.05) is 46.5 Å². The summed E-state index contributed by atoms with van der Waals surface area (Å²) in [6.07, 6.45) is 3.09. The number of nitrogens with one attached hydrogen (secondary N) is 1. The number of hydrogen-bond acceptors (Lipinski definition) is 5. The number of methoxy groups -OCH3 is 1. The highest BCUT2D eigenvalue weighted by molar-refractivity contribution is 5.76. The Balaban J connectivity index is 1.32. The highest BCUT2D eigenvalue weighted by atomic mass is 16.7. The van der Waals surface area contributed by atoms with Crippen LogP contribution in [0.5, 0.6) is 5.75 Å². The second-order valence-electron chi connectivity index (χ2n) is 6.61. The van der Waals surface area contributed by atoms with Gasteiger partial charge in [0.05, 0.1) is 20.3 Å². The van der Waals surface area contributed by atoms with Gasteiger partial charge in [-0.25, -0.2) is 0 Å².